The predicted molar refractivity (Wildman–Crippen MR) is 74.3 cm³/mol. The highest BCUT2D eigenvalue weighted by Crippen LogP contribution is 2.27. The average molecular weight is 238 g/mol. The molecule has 1 saturated carbocycles. The standard InChI is InChI=1S/C15H30N2/c1-13(14-7-3-4-8-14)16-11-10-15-9-5-6-12-17(15)2/h13-16H,3-12H2,1-2H3. The van der Waals surface area contributed by atoms with Crippen molar-refractivity contribution in [3.8, 4) is 0 Å². The van der Waals surface area contributed by atoms with E-state index >= 15 is 0 Å². The fourth-order valence-corrected chi connectivity index (χ4v) is 3.61. The zero-order valence-electron chi connectivity index (χ0n) is 11.8. The van der Waals surface area contributed by atoms with Gasteiger partial charge in [0.05, 0.1) is 0 Å². The number of hydrogen-bond donors (Lipinski definition) is 1. The van der Waals surface area contributed by atoms with Crippen molar-refractivity contribution in [2.45, 2.75) is 70.4 Å². The molecule has 1 heterocycles. The summed E-state index contributed by atoms with van der Waals surface area (Å²) in [6, 6.07) is 1.58. The van der Waals surface area contributed by atoms with Gasteiger partial charge in [-0.3, -0.25) is 0 Å². The molecule has 2 heteroatoms. The smallest absolute Gasteiger partial charge is 0.0104 e. The minimum Gasteiger partial charge on any atom is -0.314 e. The lowest BCUT2D eigenvalue weighted by atomic mass is 9.98. The van der Waals surface area contributed by atoms with Crippen LogP contribution in [0.3, 0.4) is 0 Å². The molecule has 0 aromatic carbocycles. The summed E-state index contributed by atoms with van der Waals surface area (Å²) in [5, 5.41) is 3.77. The van der Waals surface area contributed by atoms with Crippen LogP contribution in [0, 0.1) is 5.92 Å². The van der Waals surface area contributed by atoms with Gasteiger partial charge >= 0.3 is 0 Å². The molecular weight excluding hydrogens is 208 g/mol. The minimum atomic E-state index is 0.742. The summed E-state index contributed by atoms with van der Waals surface area (Å²) < 4.78 is 0. The zero-order chi connectivity index (χ0) is 12.1. The monoisotopic (exact) mass is 238 g/mol. The molecule has 2 nitrogen and oxygen atoms in total. The van der Waals surface area contributed by atoms with Gasteiger partial charge in [-0.05, 0) is 65.1 Å². The number of hydrogen-bond acceptors (Lipinski definition) is 2. The summed E-state index contributed by atoms with van der Waals surface area (Å²) in [7, 11) is 2.30. The van der Waals surface area contributed by atoms with E-state index in [0.717, 1.165) is 18.0 Å². The van der Waals surface area contributed by atoms with Gasteiger partial charge in [0.2, 0.25) is 0 Å². The Kier molecular flexibility index (Phi) is 5.30. The topological polar surface area (TPSA) is 15.3 Å². The number of rotatable bonds is 5. The Balaban J connectivity index is 1.61. The average Bonchev–Trinajstić information content (AvgIpc) is 2.85. The van der Waals surface area contributed by atoms with Crippen molar-refractivity contribution >= 4 is 0 Å². The Morgan fingerprint density at radius 3 is 2.53 bits per heavy atom. The van der Waals surface area contributed by atoms with Crippen LogP contribution in [0.2, 0.25) is 0 Å². The van der Waals surface area contributed by atoms with Gasteiger partial charge in [-0.2, -0.15) is 0 Å². The van der Waals surface area contributed by atoms with E-state index in [0.29, 0.717) is 0 Å². The lowest BCUT2D eigenvalue weighted by Crippen LogP contribution is -2.40. The van der Waals surface area contributed by atoms with Gasteiger partial charge in [-0.25, -0.2) is 0 Å². The molecule has 17 heavy (non-hydrogen) atoms. The quantitative estimate of drug-likeness (QED) is 0.792. The highest BCUT2D eigenvalue weighted by atomic mass is 15.1. The molecule has 1 N–H and O–H groups in total. The van der Waals surface area contributed by atoms with Crippen LogP contribution in [0.5, 0.6) is 0 Å². The van der Waals surface area contributed by atoms with Gasteiger partial charge in [0.25, 0.3) is 0 Å². The molecule has 2 rings (SSSR count). The number of piperidine rings is 1. The van der Waals surface area contributed by atoms with E-state index in [1.54, 1.807) is 0 Å². The third-order valence-corrected chi connectivity index (χ3v) is 4.97. The maximum atomic E-state index is 3.77. The first-order chi connectivity index (χ1) is 8.27. The molecule has 0 bridgehead atoms. The highest BCUT2D eigenvalue weighted by molar-refractivity contribution is 4.79. The van der Waals surface area contributed by atoms with Crippen LogP contribution < -0.4 is 5.32 Å². The second-order valence-electron chi connectivity index (χ2n) is 6.21. The Morgan fingerprint density at radius 1 is 1.12 bits per heavy atom. The molecule has 0 amide bonds. The molecule has 0 radical (unpaired) electrons. The van der Waals surface area contributed by atoms with E-state index < -0.39 is 0 Å². The molecular formula is C15H30N2. The fourth-order valence-electron chi connectivity index (χ4n) is 3.61. The number of nitrogens with zero attached hydrogens (tertiary/aromatic N) is 1. The van der Waals surface area contributed by atoms with Crippen molar-refractivity contribution in [3.63, 3.8) is 0 Å². The Hall–Kier alpha value is -0.0800. The Morgan fingerprint density at radius 2 is 1.82 bits per heavy atom. The first kappa shape index (κ1) is 13.4. The third kappa shape index (κ3) is 3.96. The van der Waals surface area contributed by atoms with Crippen LogP contribution in [-0.4, -0.2) is 37.1 Å². The van der Waals surface area contributed by atoms with E-state index in [1.807, 2.05) is 0 Å². The molecule has 2 unspecified atom stereocenters. The normalized spacial score (nSPS) is 29.6. The summed E-state index contributed by atoms with van der Waals surface area (Å²) in [4.78, 5) is 2.56. The van der Waals surface area contributed by atoms with Crippen molar-refractivity contribution in [3.05, 3.63) is 0 Å². The van der Waals surface area contributed by atoms with Gasteiger partial charge in [0.1, 0.15) is 0 Å². The van der Waals surface area contributed by atoms with Crippen LogP contribution in [0.4, 0.5) is 0 Å². The van der Waals surface area contributed by atoms with E-state index in [2.05, 4.69) is 24.2 Å². The van der Waals surface area contributed by atoms with E-state index in [-0.39, 0.29) is 0 Å². The van der Waals surface area contributed by atoms with Gasteiger partial charge in [0, 0.05) is 12.1 Å². The van der Waals surface area contributed by atoms with E-state index in [4.69, 9.17) is 0 Å². The van der Waals surface area contributed by atoms with Crippen molar-refractivity contribution in [1.29, 1.82) is 0 Å². The number of likely N-dealkylation sites (tertiary alicyclic amines) is 1. The summed E-state index contributed by atoms with van der Waals surface area (Å²) in [6.07, 6.45) is 11.4. The maximum Gasteiger partial charge on any atom is 0.0104 e. The van der Waals surface area contributed by atoms with Crippen molar-refractivity contribution in [2.75, 3.05) is 20.1 Å². The summed E-state index contributed by atoms with van der Waals surface area (Å²) in [5.74, 6) is 0.957. The van der Waals surface area contributed by atoms with Gasteiger partial charge in [-0.15, -0.1) is 0 Å². The molecule has 100 valence electrons. The minimum absolute atomic E-state index is 0.742. The molecule has 2 aliphatic rings. The first-order valence-corrected chi connectivity index (χ1v) is 7.71. The molecule has 0 aromatic rings. The fraction of sp³-hybridized carbons (Fsp3) is 1.00. The molecule has 1 saturated heterocycles. The summed E-state index contributed by atoms with van der Waals surface area (Å²) >= 11 is 0. The van der Waals surface area contributed by atoms with E-state index in [9.17, 15) is 0 Å². The largest absolute Gasteiger partial charge is 0.314 e. The molecule has 2 fully saturated rings. The lowest BCUT2D eigenvalue weighted by molar-refractivity contribution is 0.173. The second kappa shape index (κ2) is 6.75. The molecule has 0 aromatic heterocycles. The van der Waals surface area contributed by atoms with Crippen LogP contribution in [0.15, 0.2) is 0 Å². The summed E-state index contributed by atoms with van der Waals surface area (Å²) in [6.45, 7) is 4.91. The molecule has 0 spiro atoms. The molecule has 1 aliphatic carbocycles. The van der Waals surface area contributed by atoms with Crippen molar-refractivity contribution in [1.82, 2.24) is 10.2 Å². The first-order valence-electron chi connectivity index (χ1n) is 7.71. The van der Waals surface area contributed by atoms with Gasteiger partial charge < -0.3 is 10.2 Å². The van der Waals surface area contributed by atoms with Crippen LogP contribution in [-0.2, 0) is 0 Å². The van der Waals surface area contributed by atoms with Crippen LogP contribution >= 0.6 is 0 Å². The third-order valence-electron chi connectivity index (χ3n) is 4.97. The summed E-state index contributed by atoms with van der Waals surface area (Å²) in [5.41, 5.74) is 0. The van der Waals surface area contributed by atoms with Crippen LogP contribution in [0.25, 0.3) is 0 Å². The SMILES string of the molecule is CC(NCCC1CCCCN1C)C1CCCC1. The Labute approximate surface area is 107 Å². The van der Waals surface area contributed by atoms with Crippen molar-refractivity contribution < 1.29 is 0 Å². The van der Waals surface area contributed by atoms with Crippen molar-refractivity contribution in [2.24, 2.45) is 5.92 Å². The molecule has 1 aliphatic heterocycles. The highest BCUT2D eigenvalue weighted by Gasteiger charge is 2.22. The number of nitrogens with one attached hydrogen (secondary N) is 1. The molecule has 2 atom stereocenters. The Bertz CT molecular complexity index is 211. The van der Waals surface area contributed by atoms with Gasteiger partial charge in [0.15, 0.2) is 0 Å². The maximum absolute atomic E-state index is 3.77. The second-order valence-corrected chi connectivity index (χ2v) is 6.21. The predicted octanol–water partition coefficient (Wildman–Crippen LogP) is 3.03. The van der Waals surface area contributed by atoms with Gasteiger partial charge in [-0.1, -0.05) is 19.3 Å². The lowest BCUT2D eigenvalue weighted by Gasteiger charge is -2.33. The van der Waals surface area contributed by atoms with E-state index in [1.165, 1.54) is 64.5 Å². The van der Waals surface area contributed by atoms with Crippen LogP contribution in [0.1, 0.15) is 58.3 Å². The zero-order valence-corrected chi connectivity index (χ0v) is 11.8.